The molecule has 0 spiro atoms. The van der Waals surface area contributed by atoms with Gasteiger partial charge in [0.1, 0.15) is 0 Å². The van der Waals surface area contributed by atoms with Gasteiger partial charge in [-0.15, -0.1) is 11.3 Å². The van der Waals surface area contributed by atoms with Crippen LogP contribution in [0, 0.1) is 5.92 Å². The first kappa shape index (κ1) is 28.0. The van der Waals surface area contributed by atoms with Crippen molar-refractivity contribution in [2.45, 2.75) is 46.0 Å². The van der Waals surface area contributed by atoms with E-state index < -0.39 is 23.8 Å². The fraction of sp³-hybridized carbons (Fsp3) is 0.333. The van der Waals surface area contributed by atoms with E-state index in [0.29, 0.717) is 5.69 Å². The maximum Gasteiger partial charge on any atom is 0.352 e. The Balaban J connectivity index is 1.48. The molecule has 1 unspecified atom stereocenters. The van der Waals surface area contributed by atoms with Gasteiger partial charge in [-0.2, -0.15) is 10.1 Å². The van der Waals surface area contributed by atoms with Crippen LogP contribution in [0.15, 0.2) is 65.8 Å². The van der Waals surface area contributed by atoms with E-state index >= 15 is 0 Å². The highest BCUT2D eigenvalue weighted by Crippen LogP contribution is 2.33. The second-order valence-electron chi connectivity index (χ2n) is 9.56. The highest BCUT2D eigenvalue weighted by atomic mass is 32.1. The van der Waals surface area contributed by atoms with Gasteiger partial charge in [0.15, 0.2) is 5.71 Å². The third-order valence-corrected chi connectivity index (χ3v) is 7.93. The number of hydrogen-bond acceptors (Lipinski definition) is 6. The first-order chi connectivity index (χ1) is 18.8. The van der Waals surface area contributed by atoms with Gasteiger partial charge >= 0.3 is 11.9 Å². The Kier molecular flexibility index (Phi) is 9.14. The zero-order chi connectivity index (χ0) is 27.9. The number of aromatic carboxylic acids is 1. The molecule has 0 saturated carbocycles. The third kappa shape index (κ3) is 6.54. The number of amides is 1. The van der Waals surface area contributed by atoms with E-state index in [1.807, 2.05) is 12.1 Å². The van der Waals surface area contributed by atoms with Crippen molar-refractivity contribution >= 4 is 46.3 Å². The quantitative estimate of drug-likeness (QED) is 0.265. The number of unbranched alkanes of at least 4 members (excludes halogenated alkanes) is 2. The average Bonchev–Trinajstić information content (AvgIpc) is 3.54. The van der Waals surface area contributed by atoms with E-state index in [2.05, 4.69) is 48.1 Å². The lowest BCUT2D eigenvalue weighted by Gasteiger charge is -2.24. The molecule has 204 valence electrons. The van der Waals surface area contributed by atoms with Crippen LogP contribution in [0.25, 0.3) is 10.4 Å². The molecule has 1 atom stereocenters. The maximum atomic E-state index is 13.2. The van der Waals surface area contributed by atoms with Crippen molar-refractivity contribution in [2.75, 3.05) is 23.0 Å². The number of rotatable bonds is 13. The van der Waals surface area contributed by atoms with E-state index in [0.717, 1.165) is 59.1 Å². The lowest BCUT2D eigenvalue weighted by Crippen LogP contribution is -2.31. The molecule has 1 aliphatic heterocycles. The number of hydrogen-bond donors (Lipinski definition) is 2. The predicted molar refractivity (Wildman–Crippen MR) is 155 cm³/mol. The summed E-state index contributed by atoms with van der Waals surface area (Å²) in [6.07, 6.45) is 4.85. The number of aliphatic carboxylic acids is 1. The van der Waals surface area contributed by atoms with Crippen LogP contribution in [0.1, 0.15) is 54.8 Å². The van der Waals surface area contributed by atoms with Gasteiger partial charge in [-0.25, -0.2) is 9.59 Å². The molecule has 1 amide bonds. The van der Waals surface area contributed by atoms with Crippen molar-refractivity contribution in [1.82, 2.24) is 0 Å². The molecule has 2 heterocycles. The summed E-state index contributed by atoms with van der Waals surface area (Å²) in [5.74, 6) is -3.72. The smallest absolute Gasteiger partial charge is 0.352 e. The molecular formula is C30H33N3O5S. The Hall–Kier alpha value is -3.98. The average molecular weight is 548 g/mol. The van der Waals surface area contributed by atoms with Gasteiger partial charge < -0.3 is 15.1 Å². The Morgan fingerprint density at radius 3 is 2.10 bits per heavy atom. The van der Waals surface area contributed by atoms with Gasteiger partial charge in [-0.1, -0.05) is 38.8 Å². The minimum Gasteiger partial charge on any atom is -0.478 e. The first-order valence-electron chi connectivity index (χ1n) is 13.3. The first-order valence-corrected chi connectivity index (χ1v) is 14.1. The van der Waals surface area contributed by atoms with Crippen LogP contribution in [0.4, 0.5) is 11.4 Å². The van der Waals surface area contributed by atoms with Gasteiger partial charge in [-0.3, -0.25) is 4.79 Å². The number of nitrogens with zero attached hydrogens (tertiary/aromatic N) is 3. The summed E-state index contributed by atoms with van der Waals surface area (Å²) in [5.41, 5.74) is 2.46. The number of carboxylic acid groups (broad SMARTS) is 2. The Morgan fingerprint density at radius 1 is 0.897 bits per heavy atom. The SMILES string of the molecule is CCCCN(CCCC)c1ccc(-c2ccc(CC3C(=O)N(c4ccc(C(=O)O)cc4)N=C3C(=O)O)s2)cc1. The number of benzene rings is 2. The van der Waals surface area contributed by atoms with Gasteiger partial charge in [-0.05, 0) is 73.4 Å². The van der Waals surface area contributed by atoms with Crippen LogP contribution < -0.4 is 9.91 Å². The van der Waals surface area contributed by atoms with Gasteiger partial charge in [0.2, 0.25) is 0 Å². The predicted octanol–water partition coefficient (Wildman–Crippen LogP) is 6.17. The van der Waals surface area contributed by atoms with Crippen LogP contribution in [-0.4, -0.2) is 46.9 Å². The van der Waals surface area contributed by atoms with Crippen molar-refractivity contribution < 1.29 is 24.6 Å². The monoisotopic (exact) mass is 547 g/mol. The van der Waals surface area contributed by atoms with E-state index in [9.17, 15) is 19.5 Å². The fourth-order valence-electron chi connectivity index (χ4n) is 4.55. The Bertz CT molecular complexity index is 1340. The standard InChI is InChI=1S/C30H33N3O5S/c1-3-5-17-32(18-6-4-2)22-11-7-20(8-12-22)26-16-15-24(39-26)19-25-27(30(37)38)31-33(28(25)34)23-13-9-21(10-14-23)29(35)36/h7-16,25H,3-6,17-19H2,1-2H3,(H,35,36)(H,37,38). The highest BCUT2D eigenvalue weighted by Gasteiger charge is 2.40. The minimum atomic E-state index is -1.25. The molecule has 9 heteroatoms. The van der Waals surface area contributed by atoms with Gasteiger partial charge in [0, 0.05) is 28.5 Å². The number of carboxylic acids is 2. The fourth-order valence-corrected chi connectivity index (χ4v) is 5.60. The second-order valence-corrected chi connectivity index (χ2v) is 10.7. The molecule has 1 aliphatic rings. The van der Waals surface area contributed by atoms with E-state index in [1.165, 1.54) is 41.3 Å². The molecule has 4 rings (SSSR count). The van der Waals surface area contributed by atoms with Crippen molar-refractivity contribution in [3.05, 3.63) is 71.1 Å². The normalized spacial score (nSPS) is 14.9. The lowest BCUT2D eigenvalue weighted by atomic mass is 9.98. The molecule has 0 bridgehead atoms. The number of carbonyl (C=O) groups excluding carboxylic acids is 1. The van der Waals surface area contributed by atoms with Crippen LogP contribution >= 0.6 is 11.3 Å². The minimum absolute atomic E-state index is 0.0677. The molecule has 0 aliphatic carbocycles. The summed E-state index contributed by atoms with van der Waals surface area (Å²) >= 11 is 1.54. The Morgan fingerprint density at radius 2 is 1.54 bits per heavy atom. The number of anilines is 2. The van der Waals surface area contributed by atoms with Crippen LogP contribution in [0.2, 0.25) is 0 Å². The molecule has 0 saturated heterocycles. The molecule has 2 N–H and O–H groups in total. The van der Waals surface area contributed by atoms with Crippen molar-refractivity contribution in [2.24, 2.45) is 11.0 Å². The largest absolute Gasteiger partial charge is 0.478 e. The topological polar surface area (TPSA) is 111 Å². The summed E-state index contributed by atoms with van der Waals surface area (Å²) in [5, 5.41) is 24.0. The van der Waals surface area contributed by atoms with Crippen molar-refractivity contribution in [3.8, 4) is 10.4 Å². The number of thiophene rings is 1. The zero-order valence-electron chi connectivity index (χ0n) is 22.2. The molecule has 1 aromatic heterocycles. The molecular weight excluding hydrogens is 514 g/mol. The van der Waals surface area contributed by atoms with Crippen molar-refractivity contribution in [3.63, 3.8) is 0 Å². The second kappa shape index (κ2) is 12.7. The van der Waals surface area contributed by atoms with Gasteiger partial charge in [0.05, 0.1) is 17.2 Å². The molecule has 0 radical (unpaired) electrons. The molecule has 2 aromatic carbocycles. The molecule has 3 aromatic rings. The molecule has 39 heavy (non-hydrogen) atoms. The highest BCUT2D eigenvalue weighted by molar-refractivity contribution is 7.15. The summed E-state index contributed by atoms with van der Waals surface area (Å²) in [6.45, 7) is 6.50. The zero-order valence-corrected chi connectivity index (χ0v) is 23.0. The summed E-state index contributed by atoms with van der Waals surface area (Å²) in [6, 6.07) is 18.1. The summed E-state index contributed by atoms with van der Waals surface area (Å²) in [7, 11) is 0. The lowest BCUT2D eigenvalue weighted by molar-refractivity contribution is -0.130. The van der Waals surface area contributed by atoms with Crippen LogP contribution in [-0.2, 0) is 16.0 Å². The maximum absolute atomic E-state index is 13.2. The summed E-state index contributed by atoms with van der Waals surface area (Å²) < 4.78 is 0. The van der Waals surface area contributed by atoms with Crippen LogP contribution in [0.5, 0.6) is 0 Å². The molecule has 8 nitrogen and oxygen atoms in total. The van der Waals surface area contributed by atoms with Crippen LogP contribution in [0.3, 0.4) is 0 Å². The number of carbonyl (C=O) groups is 3. The van der Waals surface area contributed by atoms with E-state index in [4.69, 9.17) is 5.11 Å². The van der Waals surface area contributed by atoms with E-state index in [-0.39, 0.29) is 17.7 Å². The Labute approximate surface area is 232 Å². The van der Waals surface area contributed by atoms with E-state index in [1.54, 1.807) is 0 Å². The third-order valence-electron chi connectivity index (χ3n) is 6.77. The summed E-state index contributed by atoms with van der Waals surface area (Å²) in [4.78, 5) is 40.6. The molecule has 0 fully saturated rings. The van der Waals surface area contributed by atoms with Gasteiger partial charge in [0.25, 0.3) is 5.91 Å². The van der Waals surface area contributed by atoms with Crippen molar-refractivity contribution in [1.29, 1.82) is 0 Å². The number of hydrazone groups is 1.